The molecule has 0 aliphatic carbocycles. The van der Waals surface area contributed by atoms with Gasteiger partial charge in [0, 0.05) is 38.3 Å². The van der Waals surface area contributed by atoms with Gasteiger partial charge in [-0.05, 0) is 20.3 Å². The van der Waals surface area contributed by atoms with Crippen molar-refractivity contribution in [2.45, 2.75) is 38.5 Å². The summed E-state index contributed by atoms with van der Waals surface area (Å²) in [5, 5.41) is 0. The van der Waals surface area contributed by atoms with Gasteiger partial charge in [0.15, 0.2) is 0 Å². The lowest BCUT2D eigenvalue weighted by Crippen LogP contribution is -2.60. The summed E-state index contributed by atoms with van der Waals surface area (Å²) in [7, 11) is 0. The van der Waals surface area contributed by atoms with Gasteiger partial charge >= 0.3 is 0 Å². The molecule has 2 rings (SSSR count). The van der Waals surface area contributed by atoms with Crippen molar-refractivity contribution in [3.63, 3.8) is 0 Å². The zero-order valence-corrected chi connectivity index (χ0v) is 8.54. The molecule has 2 nitrogen and oxygen atoms in total. The Labute approximate surface area is 79.7 Å². The van der Waals surface area contributed by atoms with Crippen LogP contribution < -0.4 is 0 Å². The summed E-state index contributed by atoms with van der Waals surface area (Å²) < 4.78 is 12.9. The van der Waals surface area contributed by atoms with Crippen LogP contribution in [0.3, 0.4) is 0 Å². The Morgan fingerprint density at radius 1 is 1.23 bits per heavy atom. The quantitative estimate of drug-likeness (QED) is 0.637. The largest absolute Gasteiger partial charge is 0.298 e. The predicted molar refractivity (Wildman–Crippen MR) is 51.6 cm³/mol. The van der Waals surface area contributed by atoms with Crippen molar-refractivity contribution in [3.05, 3.63) is 0 Å². The molecule has 13 heavy (non-hydrogen) atoms. The molecule has 0 aromatic heterocycles. The minimum Gasteiger partial charge on any atom is -0.298 e. The maximum Gasteiger partial charge on any atom is 0.114 e. The van der Waals surface area contributed by atoms with Crippen LogP contribution in [0.15, 0.2) is 0 Å². The summed E-state index contributed by atoms with van der Waals surface area (Å²) in [6, 6.07) is 1.29. The minimum absolute atomic E-state index is 0.562. The molecule has 0 unspecified atom stereocenters. The van der Waals surface area contributed by atoms with Gasteiger partial charge in [-0.15, -0.1) is 0 Å². The van der Waals surface area contributed by atoms with Gasteiger partial charge in [0.25, 0.3) is 0 Å². The Kier molecular flexibility index (Phi) is 2.56. The average Bonchev–Trinajstić information content (AvgIpc) is 2.31. The van der Waals surface area contributed by atoms with Crippen LogP contribution in [0, 0.1) is 0 Å². The van der Waals surface area contributed by atoms with Gasteiger partial charge in [-0.25, -0.2) is 4.39 Å². The van der Waals surface area contributed by atoms with Gasteiger partial charge in [0.05, 0.1) is 0 Å². The number of alkyl halides is 1. The standard InChI is InChI=1S/C10H19FN2/c1-8(2)13-6-10(7-13)12-4-3-9(11)5-12/h8-10H,3-7H2,1-2H3/t9-/m0/s1. The van der Waals surface area contributed by atoms with E-state index in [1.54, 1.807) is 0 Å². The van der Waals surface area contributed by atoms with Crippen molar-refractivity contribution in [1.29, 1.82) is 0 Å². The first-order valence-corrected chi connectivity index (χ1v) is 5.29. The van der Waals surface area contributed by atoms with E-state index in [4.69, 9.17) is 0 Å². The summed E-state index contributed by atoms with van der Waals surface area (Å²) in [5.41, 5.74) is 0. The van der Waals surface area contributed by atoms with E-state index in [2.05, 4.69) is 23.6 Å². The maximum atomic E-state index is 12.9. The monoisotopic (exact) mass is 186 g/mol. The molecule has 0 radical (unpaired) electrons. The minimum atomic E-state index is -0.562. The highest BCUT2D eigenvalue weighted by Gasteiger charge is 2.36. The first-order chi connectivity index (χ1) is 6.16. The fourth-order valence-electron chi connectivity index (χ4n) is 2.22. The van der Waals surface area contributed by atoms with Gasteiger partial charge < -0.3 is 0 Å². The van der Waals surface area contributed by atoms with E-state index in [1.807, 2.05) is 0 Å². The van der Waals surface area contributed by atoms with Gasteiger partial charge in [-0.2, -0.15) is 0 Å². The smallest absolute Gasteiger partial charge is 0.114 e. The van der Waals surface area contributed by atoms with Gasteiger partial charge in [0.2, 0.25) is 0 Å². The summed E-state index contributed by atoms with van der Waals surface area (Å²) in [6.07, 6.45) is 0.186. The lowest BCUT2D eigenvalue weighted by atomic mass is 10.1. The molecular weight excluding hydrogens is 167 g/mol. The molecule has 3 heteroatoms. The third kappa shape index (κ3) is 1.86. The molecule has 2 aliphatic heterocycles. The lowest BCUT2D eigenvalue weighted by Gasteiger charge is -2.46. The van der Waals surface area contributed by atoms with Crippen LogP contribution >= 0.6 is 0 Å². The second kappa shape index (κ2) is 3.54. The Morgan fingerprint density at radius 2 is 1.92 bits per heavy atom. The van der Waals surface area contributed by atoms with E-state index in [0.717, 1.165) is 26.1 Å². The molecule has 0 N–H and O–H groups in total. The third-order valence-electron chi connectivity index (χ3n) is 3.30. The van der Waals surface area contributed by atoms with Crippen LogP contribution in [0.5, 0.6) is 0 Å². The SMILES string of the molecule is CC(C)N1CC(N2CC[C@H](F)C2)C1. The third-order valence-corrected chi connectivity index (χ3v) is 3.30. The summed E-state index contributed by atoms with van der Waals surface area (Å²) in [4.78, 5) is 4.75. The number of halogens is 1. The highest BCUT2D eigenvalue weighted by atomic mass is 19.1. The Hall–Kier alpha value is -0.150. The second-order valence-electron chi connectivity index (χ2n) is 4.58. The van der Waals surface area contributed by atoms with Crippen molar-refractivity contribution in [1.82, 2.24) is 9.80 Å². The molecule has 0 amide bonds. The predicted octanol–water partition coefficient (Wildman–Crippen LogP) is 1.12. The molecule has 0 aromatic rings. The van der Waals surface area contributed by atoms with Crippen LogP contribution in [0.4, 0.5) is 4.39 Å². The summed E-state index contributed by atoms with van der Waals surface area (Å²) in [6.45, 7) is 8.37. The Morgan fingerprint density at radius 3 is 2.38 bits per heavy atom. The van der Waals surface area contributed by atoms with Crippen molar-refractivity contribution < 1.29 is 4.39 Å². The second-order valence-corrected chi connectivity index (χ2v) is 4.58. The van der Waals surface area contributed by atoms with Gasteiger partial charge in [0.1, 0.15) is 6.17 Å². The molecule has 2 aliphatic rings. The maximum absolute atomic E-state index is 12.9. The van der Waals surface area contributed by atoms with E-state index in [-0.39, 0.29) is 0 Å². The van der Waals surface area contributed by atoms with Gasteiger partial charge in [-0.3, -0.25) is 9.80 Å². The van der Waals surface area contributed by atoms with E-state index in [0.29, 0.717) is 18.6 Å². The average molecular weight is 186 g/mol. The molecular formula is C10H19FN2. The number of hydrogen-bond acceptors (Lipinski definition) is 2. The molecule has 76 valence electrons. The van der Waals surface area contributed by atoms with Crippen molar-refractivity contribution in [3.8, 4) is 0 Å². The molecule has 1 atom stereocenters. The normalized spacial score (nSPS) is 32.8. The zero-order chi connectivity index (χ0) is 9.42. The summed E-state index contributed by atoms with van der Waals surface area (Å²) in [5.74, 6) is 0. The number of nitrogens with zero attached hydrogens (tertiary/aromatic N) is 2. The van der Waals surface area contributed by atoms with Crippen LogP contribution in [-0.2, 0) is 0 Å². The number of rotatable bonds is 2. The zero-order valence-electron chi connectivity index (χ0n) is 8.54. The van der Waals surface area contributed by atoms with E-state index in [1.165, 1.54) is 0 Å². The first-order valence-electron chi connectivity index (χ1n) is 5.29. The molecule has 2 heterocycles. The van der Waals surface area contributed by atoms with Crippen LogP contribution in [0.2, 0.25) is 0 Å². The Bertz CT molecular complexity index is 178. The topological polar surface area (TPSA) is 6.48 Å². The fourth-order valence-corrected chi connectivity index (χ4v) is 2.22. The van der Waals surface area contributed by atoms with E-state index < -0.39 is 6.17 Å². The molecule has 0 spiro atoms. The van der Waals surface area contributed by atoms with Crippen molar-refractivity contribution in [2.24, 2.45) is 0 Å². The number of hydrogen-bond donors (Lipinski definition) is 0. The number of likely N-dealkylation sites (tertiary alicyclic amines) is 2. The van der Waals surface area contributed by atoms with E-state index in [9.17, 15) is 4.39 Å². The van der Waals surface area contributed by atoms with Crippen molar-refractivity contribution in [2.75, 3.05) is 26.2 Å². The highest BCUT2D eigenvalue weighted by molar-refractivity contribution is 4.92. The van der Waals surface area contributed by atoms with Gasteiger partial charge in [-0.1, -0.05) is 0 Å². The summed E-state index contributed by atoms with van der Waals surface area (Å²) >= 11 is 0. The molecule has 0 aromatic carbocycles. The molecule has 2 fully saturated rings. The highest BCUT2D eigenvalue weighted by Crippen LogP contribution is 2.22. The first kappa shape index (κ1) is 9.41. The van der Waals surface area contributed by atoms with Crippen molar-refractivity contribution >= 4 is 0 Å². The van der Waals surface area contributed by atoms with Crippen LogP contribution in [0.1, 0.15) is 20.3 Å². The molecule has 0 bridgehead atoms. The Balaban J connectivity index is 1.74. The van der Waals surface area contributed by atoms with Crippen LogP contribution in [-0.4, -0.2) is 54.2 Å². The molecule has 2 saturated heterocycles. The lowest BCUT2D eigenvalue weighted by molar-refractivity contribution is 0.0232. The molecule has 0 saturated carbocycles. The van der Waals surface area contributed by atoms with E-state index >= 15 is 0 Å². The fraction of sp³-hybridized carbons (Fsp3) is 1.00. The van der Waals surface area contributed by atoms with Crippen LogP contribution in [0.25, 0.3) is 0 Å².